The minimum atomic E-state index is -0.352. The van der Waals surface area contributed by atoms with E-state index in [1.54, 1.807) is 14.2 Å². The fourth-order valence-electron chi connectivity index (χ4n) is 5.40. The van der Waals surface area contributed by atoms with Crippen LogP contribution >= 0.6 is 0 Å². The number of hydrogen-bond acceptors (Lipinski definition) is 4. The Bertz CT molecular complexity index is 716. The third kappa shape index (κ3) is 1.75. The van der Waals surface area contributed by atoms with Gasteiger partial charge in [0.25, 0.3) is 0 Å². The first-order valence-corrected chi connectivity index (χ1v) is 8.58. The van der Waals surface area contributed by atoms with Crippen LogP contribution in [0.4, 0.5) is 0 Å². The summed E-state index contributed by atoms with van der Waals surface area (Å²) in [6, 6.07) is 4.07. The topological polar surface area (TPSA) is 55.8 Å². The Morgan fingerprint density at radius 1 is 1.25 bits per heavy atom. The first-order chi connectivity index (χ1) is 11.6. The normalized spacial score (nSPS) is 33.7. The highest BCUT2D eigenvalue weighted by atomic mass is 16.5. The van der Waals surface area contributed by atoms with Crippen LogP contribution in [0.1, 0.15) is 30.9 Å². The molecule has 2 fully saturated rings. The van der Waals surface area contributed by atoms with Crippen LogP contribution in [0.15, 0.2) is 12.1 Å². The Balaban J connectivity index is 1.93. The number of carbonyl (C=O) groups is 2. The fraction of sp³-hybridized carbons (Fsp3) is 0.579. The smallest absolute Gasteiger partial charge is 0.223 e. The van der Waals surface area contributed by atoms with Gasteiger partial charge in [-0.25, -0.2) is 0 Å². The molecule has 2 aliphatic heterocycles. The van der Waals surface area contributed by atoms with E-state index in [0.717, 1.165) is 37.0 Å². The standard InChI is InChI=1S/C19H23NO4/c1-11-9-19-14-7-17(24-3)16(23-2)6-12(14)4-5-20(19)18(22)8-15(19)13(11)10-21/h6-7,10-11,13,15H,4-5,8-9H2,1-3H3/t11-,13+,15?,19-/m0/s1. The van der Waals surface area contributed by atoms with E-state index in [2.05, 4.69) is 6.92 Å². The SMILES string of the molecule is COc1cc2c(cc1OC)[C@@]13C[C@H](C)[C@@H](C=O)C1CC(=O)N3CC2. The molecule has 24 heavy (non-hydrogen) atoms. The summed E-state index contributed by atoms with van der Waals surface area (Å²) in [6.45, 7) is 2.85. The molecule has 1 unspecified atom stereocenters. The molecule has 0 bridgehead atoms. The van der Waals surface area contributed by atoms with Crippen LogP contribution in [-0.2, 0) is 21.5 Å². The highest BCUT2D eigenvalue weighted by Crippen LogP contribution is 2.61. The van der Waals surface area contributed by atoms with Crippen LogP contribution in [0, 0.1) is 17.8 Å². The molecule has 2 heterocycles. The first kappa shape index (κ1) is 15.5. The Kier molecular flexibility index (Phi) is 3.37. The summed E-state index contributed by atoms with van der Waals surface area (Å²) in [5.41, 5.74) is 2.01. The van der Waals surface area contributed by atoms with E-state index in [1.165, 1.54) is 5.56 Å². The molecule has 1 saturated carbocycles. The van der Waals surface area contributed by atoms with Gasteiger partial charge in [0.15, 0.2) is 11.5 Å². The molecule has 0 N–H and O–H groups in total. The van der Waals surface area contributed by atoms with E-state index >= 15 is 0 Å². The summed E-state index contributed by atoms with van der Waals surface area (Å²) in [5.74, 6) is 1.88. The zero-order valence-corrected chi connectivity index (χ0v) is 14.4. The second kappa shape index (κ2) is 5.23. The zero-order chi connectivity index (χ0) is 17.1. The monoisotopic (exact) mass is 329 g/mol. The number of aldehydes is 1. The molecule has 5 heteroatoms. The van der Waals surface area contributed by atoms with Crippen molar-refractivity contribution in [1.82, 2.24) is 4.90 Å². The molecule has 128 valence electrons. The Hall–Kier alpha value is -2.04. The lowest BCUT2D eigenvalue weighted by atomic mass is 9.74. The Morgan fingerprint density at radius 3 is 2.62 bits per heavy atom. The third-order valence-electron chi connectivity index (χ3n) is 6.38. The maximum absolute atomic E-state index is 12.6. The van der Waals surface area contributed by atoms with Crippen molar-refractivity contribution in [1.29, 1.82) is 0 Å². The number of rotatable bonds is 3. The summed E-state index contributed by atoms with van der Waals surface area (Å²) >= 11 is 0. The van der Waals surface area contributed by atoms with Gasteiger partial charge in [0, 0.05) is 24.8 Å². The van der Waals surface area contributed by atoms with Gasteiger partial charge in [-0.05, 0) is 42.0 Å². The van der Waals surface area contributed by atoms with Gasteiger partial charge >= 0.3 is 0 Å². The average molecular weight is 329 g/mol. The van der Waals surface area contributed by atoms with Crippen molar-refractivity contribution in [3.8, 4) is 11.5 Å². The van der Waals surface area contributed by atoms with Gasteiger partial charge in [0.05, 0.1) is 19.8 Å². The van der Waals surface area contributed by atoms with Crippen molar-refractivity contribution in [2.24, 2.45) is 17.8 Å². The molecule has 4 rings (SSSR count). The van der Waals surface area contributed by atoms with E-state index in [-0.39, 0.29) is 29.2 Å². The number of benzene rings is 1. The summed E-state index contributed by atoms with van der Waals surface area (Å²) < 4.78 is 11.0. The maximum atomic E-state index is 12.6. The van der Waals surface area contributed by atoms with Crippen molar-refractivity contribution in [3.05, 3.63) is 23.3 Å². The Morgan fingerprint density at radius 2 is 1.96 bits per heavy atom. The summed E-state index contributed by atoms with van der Waals surface area (Å²) in [7, 11) is 3.27. The van der Waals surface area contributed by atoms with Crippen molar-refractivity contribution in [2.75, 3.05) is 20.8 Å². The van der Waals surface area contributed by atoms with Crippen LogP contribution in [0.5, 0.6) is 11.5 Å². The fourth-order valence-corrected chi connectivity index (χ4v) is 5.40. The van der Waals surface area contributed by atoms with Gasteiger partial charge in [0.1, 0.15) is 6.29 Å². The molecule has 1 amide bonds. The predicted octanol–water partition coefficient (Wildman–Crippen LogP) is 2.16. The van der Waals surface area contributed by atoms with Gasteiger partial charge < -0.3 is 19.2 Å². The van der Waals surface area contributed by atoms with Gasteiger partial charge in [-0.2, -0.15) is 0 Å². The number of hydrogen-bond donors (Lipinski definition) is 0. The van der Waals surface area contributed by atoms with Crippen LogP contribution < -0.4 is 9.47 Å². The molecular formula is C19H23NO4. The predicted molar refractivity (Wildman–Crippen MR) is 88.1 cm³/mol. The van der Waals surface area contributed by atoms with E-state index in [9.17, 15) is 9.59 Å². The minimum Gasteiger partial charge on any atom is -0.493 e. The molecule has 4 atom stereocenters. The lowest BCUT2D eigenvalue weighted by Gasteiger charge is -2.44. The summed E-state index contributed by atoms with van der Waals surface area (Å²) in [6.07, 6.45) is 3.20. The van der Waals surface area contributed by atoms with Crippen LogP contribution in [-0.4, -0.2) is 37.9 Å². The van der Waals surface area contributed by atoms with Crippen molar-refractivity contribution in [2.45, 2.75) is 31.7 Å². The molecule has 1 aromatic carbocycles. The van der Waals surface area contributed by atoms with Gasteiger partial charge in [-0.3, -0.25) is 4.79 Å². The molecule has 1 spiro atoms. The molecule has 1 saturated heterocycles. The molecule has 1 aromatic rings. The van der Waals surface area contributed by atoms with Crippen LogP contribution in [0.2, 0.25) is 0 Å². The number of amides is 1. The lowest BCUT2D eigenvalue weighted by molar-refractivity contribution is -0.132. The maximum Gasteiger partial charge on any atom is 0.223 e. The number of methoxy groups -OCH3 is 2. The highest BCUT2D eigenvalue weighted by molar-refractivity contribution is 5.83. The molecule has 0 aromatic heterocycles. The highest BCUT2D eigenvalue weighted by Gasteiger charge is 2.63. The van der Waals surface area contributed by atoms with Crippen molar-refractivity contribution < 1.29 is 19.1 Å². The second-order valence-electron chi connectivity index (χ2n) is 7.29. The minimum absolute atomic E-state index is 0.0574. The lowest BCUT2D eigenvalue weighted by Crippen LogP contribution is -2.49. The molecule has 3 aliphatic rings. The molecule has 1 aliphatic carbocycles. The van der Waals surface area contributed by atoms with Crippen LogP contribution in [0.3, 0.4) is 0 Å². The van der Waals surface area contributed by atoms with E-state index in [4.69, 9.17) is 9.47 Å². The largest absolute Gasteiger partial charge is 0.493 e. The quantitative estimate of drug-likeness (QED) is 0.798. The number of fused-ring (bicyclic) bond motifs is 1. The van der Waals surface area contributed by atoms with Gasteiger partial charge in [-0.1, -0.05) is 6.92 Å². The number of nitrogens with zero attached hydrogens (tertiary/aromatic N) is 1. The zero-order valence-electron chi connectivity index (χ0n) is 14.4. The van der Waals surface area contributed by atoms with Crippen LogP contribution in [0.25, 0.3) is 0 Å². The average Bonchev–Trinajstić information content (AvgIpc) is 3.01. The molecule has 5 nitrogen and oxygen atoms in total. The van der Waals surface area contributed by atoms with Crippen molar-refractivity contribution >= 4 is 12.2 Å². The number of ether oxygens (including phenoxy) is 2. The Labute approximate surface area is 141 Å². The van der Waals surface area contributed by atoms with Gasteiger partial charge in [-0.15, -0.1) is 0 Å². The van der Waals surface area contributed by atoms with E-state index in [1.807, 2.05) is 17.0 Å². The van der Waals surface area contributed by atoms with Crippen molar-refractivity contribution in [3.63, 3.8) is 0 Å². The third-order valence-corrected chi connectivity index (χ3v) is 6.38. The second-order valence-corrected chi connectivity index (χ2v) is 7.29. The number of carbonyl (C=O) groups excluding carboxylic acids is 2. The van der Waals surface area contributed by atoms with Gasteiger partial charge in [0.2, 0.25) is 5.91 Å². The summed E-state index contributed by atoms with van der Waals surface area (Å²) in [4.78, 5) is 26.4. The molecular weight excluding hydrogens is 306 g/mol. The molecule has 0 radical (unpaired) electrons. The summed E-state index contributed by atoms with van der Waals surface area (Å²) in [5, 5.41) is 0. The van der Waals surface area contributed by atoms with E-state index < -0.39 is 0 Å². The first-order valence-electron chi connectivity index (χ1n) is 8.58. The van der Waals surface area contributed by atoms with E-state index in [0.29, 0.717) is 12.2 Å².